The Morgan fingerprint density at radius 1 is 1.25 bits per heavy atom. The van der Waals surface area contributed by atoms with Gasteiger partial charge in [0.1, 0.15) is 28.7 Å². The molecule has 2 rings (SSSR count). The highest BCUT2D eigenvalue weighted by Gasteiger charge is 2.38. The molecule has 2 atom stereocenters. The molecule has 6 nitrogen and oxygen atoms in total. The van der Waals surface area contributed by atoms with Crippen LogP contribution in [0.3, 0.4) is 0 Å². The van der Waals surface area contributed by atoms with E-state index in [1.54, 1.807) is 13.8 Å². The molecule has 1 aliphatic heterocycles. The monoisotopic (exact) mass is 280 g/mol. The molecule has 0 saturated carbocycles. The first-order valence-electron chi connectivity index (χ1n) is 6.18. The number of carbonyl (C=O) groups is 2. The summed E-state index contributed by atoms with van der Waals surface area (Å²) >= 11 is 0. The summed E-state index contributed by atoms with van der Waals surface area (Å²) in [5, 5.41) is 20.3. The number of phenols is 2. The summed E-state index contributed by atoms with van der Waals surface area (Å²) in [7, 11) is 1.12. The normalized spacial score (nSPS) is 21.1. The molecule has 1 aromatic carbocycles. The van der Waals surface area contributed by atoms with Crippen LogP contribution >= 0.6 is 0 Å². The second kappa shape index (κ2) is 4.70. The molecule has 0 spiro atoms. The SMILES string of the molecule is COC(=O)c1c(O)c(C)c2c(c1O)C(=O)O[C@H](C)[C@H]2C. The molecule has 0 aromatic heterocycles. The van der Waals surface area contributed by atoms with Crippen molar-refractivity contribution in [3.05, 3.63) is 22.3 Å². The smallest absolute Gasteiger partial charge is 0.345 e. The number of carbonyl (C=O) groups excluding carboxylic acids is 2. The number of aromatic hydroxyl groups is 2. The zero-order valence-electron chi connectivity index (χ0n) is 11.7. The lowest BCUT2D eigenvalue weighted by molar-refractivity contribution is 0.0235. The van der Waals surface area contributed by atoms with Crippen LogP contribution in [0.4, 0.5) is 0 Å². The lowest BCUT2D eigenvalue weighted by Gasteiger charge is -2.31. The average Bonchev–Trinajstić information content (AvgIpc) is 2.40. The minimum atomic E-state index is -0.912. The molecule has 6 heteroatoms. The molecule has 1 heterocycles. The Bertz CT molecular complexity index is 604. The lowest BCUT2D eigenvalue weighted by atomic mass is 9.83. The Labute approximate surface area is 115 Å². The maximum absolute atomic E-state index is 12.0. The summed E-state index contributed by atoms with van der Waals surface area (Å²) in [4.78, 5) is 23.6. The van der Waals surface area contributed by atoms with Crippen molar-refractivity contribution >= 4 is 11.9 Å². The van der Waals surface area contributed by atoms with Crippen molar-refractivity contribution in [3.8, 4) is 11.5 Å². The summed E-state index contributed by atoms with van der Waals surface area (Å²) in [5.41, 5.74) is 0.374. The molecule has 1 aliphatic rings. The number of methoxy groups -OCH3 is 1. The van der Waals surface area contributed by atoms with Crippen molar-refractivity contribution in [1.82, 2.24) is 0 Å². The topological polar surface area (TPSA) is 93.1 Å². The van der Waals surface area contributed by atoms with Crippen LogP contribution in [0.2, 0.25) is 0 Å². The van der Waals surface area contributed by atoms with Gasteiger partial charge >= 0.3 is 11.9 Å². The van der Waals surface area contributed by atoms with Gasteiger partial charge in [0, 0.05) is 5.92 Å². The molecular weight excluding hydrogens is 264 g/mol. The van der Waals surface area contributed by atoms with Crippen LogP contribution in [-0.2, 0) is 9.47 Å². The first kappa shape index (κ1) is 14.2. The highest BCUT2D eigenvalue weighted by molar-refractivity contribution is 6.04. The maximum atomic E-state index is 12.0. The number of benzene rings is 1. The second-order valence-electron chi connectivity index (χ2n) is 4.88. The molecule has 0 fully saturated rings. The Morgan fingerprint density at radius 3 is 2.40 bits per heavy atom. The first-order valence-corrected chi connectivity index (χ1v) is 6.18. The number of esters is 2. The summed E-state index contributed by atoms with van der Waals surface area (Å²) in [5.74, 6) is -2.80. The fraction of sp³-hybridized carbons (Fsp3) is 0.429. The molecule has 0 radical (unpaired) electrons. The standard InChI is InChI=1S/C14H16O6/c1-5-7(3)20-14(18)9-8(5)6(2)11(15)10(12(9)16)13(17)19-4/h5,7,15-16H,1-4H3/t5-,7-/m1/s1. The van der Waals surface area contributed by atoms with E-state index in [1.807, 2.05) is 6.92 Å². The Kier molecular flexibility index (Phi) is 3.33. The van der Waals surface area contributed by atoms with Crippen LogP contribution in [0.25, 0.3) is 0 Å². The summed E-state index contributed by atoms with van der Waals surface area (Å²) in [6, 6.07) is 0. The van der Waals surface area contributed by atoms with E-state index in [1.165, 1.54) is 0 Å². The van der Waals surface area contributed by atoms with Crippen LogP contribution in [0, 0.1) is 6.92 Å². The molecule has 0 saturated heterocycles. The Hall–Kier alpha value is -2.24. The predicted molar refractivity (Wildman–Crippen MR) is 69.1 cm³/mol. The van der Waals surface area contributed by atoms with Crippen LogP contribution in [0.5, 0.6) is 11.5 Å². The van der Waals surface area contributed by atoms with E-state index in [0.29, 0.717) is 11.1 Å². The first-order chi connectivity index (χ1) is 9.31. The highest BCUT2D eigenvalue weighted by atomic mass is 16.5. The number of cyclic esters (lactones) is 1. The van der Waals surface area contributed by atoms with Crippen LogP contribution in [-0.4, -0.2) is 35.4 Å². The molecule has 0 aliphatic carbocycles. The zero-order valence-corrected chi connectivity index (χ0v) is 11.7. The van der Waals surface area contributed by atoms with Gasteiger partial charge in [0.15, 0.2) is 0 Å². The van der Waals surface area contributed by atoms with Gasteiger partial charge in [-0.05, 0) is 25.0 Å². The summed E-state index contributed by atoms with van der Waals surface area (Å²) < 4.78 is 9.65. The predicted octanol–water partition coefficient (Wildman–Crippen LogP) is 1.86. The van der Waals surface area contributed by atoms with E-state index in [4.69, 9.17) is 4.74 Å². The molecule has 0 unspecified atom stereocenters. The third-order valence-electron chi connectivity index (χ3n) is 3.78. The summed E-state index contributed by atoms with van der Waals surface area (Å²) in [6.07, 6.45) is -0.378. The number of phenolic OH excluding ortho intramolecular Hbond substituents is 2. The van der Waals surface area contributed by atoms with Crippen molar-refractivity contribution < 1.29 is 29.3 Å². The van der Waals surface area contributed by atoms with E-state index >= 15 is 0 Å². The van der Waals surface area contributed by atoms with E-state index in [2.05, 4.69) is 4.74 Å². The number of hydrogen-bond acceptors (Lipinski definition) is 6. The molecular formula is C14H16O6. The highest BCUT2D eigenvalue weighted by Crippen LogP contribution is 2.44. The number of ether oxygens (including phenoxy) is 2. The number of fused-ring (bicyclic) bond motifs is 1. The van der Waals surface area contributed by atoms with Gasteiger partial charge in [-0.25, -0.2) is 9.59 Å². The van der Waals surface area contributed by atoms with Crippen molar-refractivity contribution in [2.24, 2.45) is 0 Å². The third-order valence-corrected chi connectivity index (χ3v) is 3.78. The van der Waals surface area contributed by atoms with Crippen molar-refractivity contribution in [2.75, 3.05) is 7.11 Å². The second-order valence-corrected chi connectivity index (χ2v) is 4.88. The van der Waals surface area contributed by atoms with Crippen LogP contribution in [0.1, 0.15) is 51.6 Å². The minimum absolute atomic E-state index is 0.0775. The lowest BCUT2D eigenvalue weighted by Crippen LogP contribution is -2.30. The molecule has 108 valence electrons. The van der Waals surface area contributed by atoms with Gasteiger partial charge in [-0.1, -0.05) is 6.92 Å². The zero-order chi connectivity index (χ0) is 15.2. The van der Waals surface area contributed by atoms with Crippen LogP contribution < -0.4 is 0 Å². The third kappa shape index (κ3) is 1.79. The Balaban J connectivity index is 2.83. The quantitative estimate of drug-likeness (QED) is 0.763. The van der Waals surface area contributed by atoms with Crippen molar-refractivity contribution in [3.63, 3.8) is 0 Å². The van der Waals surface area contributed by atoms with Gasteiger partial charge in [0.2, 0.25) is 0 Å². The van der Waals surface area contributed by atoms with Crippen molar-refractivity contribution in [1.29, 1.82) is 0 Å². The molecule has 0 amide bonds. The van der Waals surface area contributed by atoms with Gasteiger partial charge in [-0.2, -0.15) is 0 Å². The van der Waals surface area contributed by atoms with Gasteiger partial charge in [-0.15, -0.1) is 0 Å². The molecule has 1 aromatic rings. The molecule has 20 heavy (non-hydrogen) atoms. The van der Waals surface area contributed by atoms with E-state index in [9.17, 15) is 19.8 Å². The number of hydrogen-bond donors (Lipinski definition) is 2. The van der Waals surface area contributed by atoms with Gasteiger partial charge < -0.3 is 19.7 Å². The van der Waals surface area contributed by atoms with Gasteiger partial charge in [-0.3, -0.25) is 0 Å². The largest absolute Gasteiger partial charge is 0.507 e. The minimum Gasteiger partial charge on any atom is -0.507 e. The maximum Gasteiger partial charge on any atom is 0.345 e. The van der Waals surface area contributed by atoms with E-state index in [-0.39, 0.29) is 23.3 Å². The van der Waals surface area contributed by atoms with Crippen LogP contribution in [0.15, 0.2) is 0 Å². The van der Waals surface area contributed by atoms with E-state index < -0.39 is 23.3 Å². The fourth-order valence-electron chi connectivity index (χ4n) is 2.50. The molecule has 2 N–H and O–H groups in total. The van der Waals surface area contributed by atoms with E-state index in [0.717, 1.165) is 7.11 Å². The Morgan fingerprint density at radius 2 is 1.85 bits per heavy atom. The average molecular weight is 280 g/mol. The van der Waals surface area contributed by atoms with Gasteiger partial charge in [0.05, 0.1) is 7.11 Å². The van der Waals surface area contributed by atoms with Crippen molar-refractivity contribution in [2.45, 2.75) is 32.8 Å². The molecule has 0 bridgehead atoms. The number of rotatable bonds is 1. The summed E-state index contributed by atoms with van der Waals surface area (Å²) in [6.45, 7) is 5.13. The fourth-order valence-corrected chi connectivity index (χ4v) is 2.50. The van der Waals surface area contributed by atoms with Gasteiger partial charge in [0.25, 0.3) is 0 Å².